The van der Waals surface area contributed by atoms with Crippen molar-refractivity contribution in [1.82, 2.24) is 0 Å². The maximum absolute atomic E-state index is 14.4. The second kappa shape index (κ2) is 6.51. The van der Waals surface area contributed by atoms with Crippen LogP contribution in [0.1, 0.15) is 17.9 Å². The summed E-state index contributed by atoms with van der Waals surface area (Å²) in [5.74, 6) is -0.838. The van der Waals surface area contributed by atoms with Gasteiger partial charge in [-0.2, -0.15) is 0 Å². The molecule has 4 rings (SSSR count). The van der Waals surface area contributed by atoms with Gasteiger partial charge in [-0.15, -0.1) is 0 Å². The predicted molar refractivity (Wildman–Crippen MR) is 98.3 cm³/mol. The Hall–Kier alpha value is -2.95. The first-order chi connectivity index (χ1) is 12.2. The number of para-hydroxylation sites is 1. The van der Waals surface area contributed by atoms with Gasteiger partial charge >= 0.3 is 0 Å². The third kappa shape index (κ3) is 3.05. The molecule has 0 aliphatic carbocycles. The first-order valence-electron chi connectivity index (χ1n) is 8.36. The molecule has 4 nitrogen and oxygen atoms in total. The van der Waals surface area contributed by atoms with E-state index in [4.69, 9.17) is 0 Å². The third-order valence-electron chi connectivity index (χ3n) is 4.54. The summed E-state index contributed by atoms with van der Waals surface area (Å²) >= 11 is 0. The van der Waals surface area contributed by atoms with Crippen molar-refractivity contribution in [3.63, 3.8) is 0 Å². The van der Waals surface area contributed by atoms with Gasteiger partial charge in [0.15, 0.2) is 0 Å². The zero-order valence-corrected chi connectivity index (χ0v) is 13.7. The number of halogens is 1. The number of hydrogen-bond donors (Lipinski definition) is 1. The van der Waals surface area contributed by atoms with Crippen molar-refractivity contribution >= 4 is 29.2 Å². The average molecular weight is 335 g/mol. The molecule has 1 N–H and O–H groups in total. The van der Waals surface area contributed by atoms with Crippen LogP contribution in [0, 0.1) is 5.82 Å². The number of carbonyl (C=O) groups excluding carboxylic acids is 1. The van der Waals surface area contributed by atoms with E-state index in [1.54, 1.807) is 18.3 Å². The minimum Gasteiger partial charge on any atom is -0.365 e. The van der Waals surface area contributed by atoms with Crippen LogP contribution in [-0.2, 0) is 4.79 Å². The summed E-state index contributed by atoms with van der Waals surface area (Å²) in [7, 11) is 0. The molecule has 25 heavy (non-hydrogen) atoms. The molecule has 5 heteroatoms. The zero-order valence-electron chi connectivity index (χ0n) is 13.7. The van der Waals surface area contributed by atoms with Gasteiger partial charge in [-0.1, -0.05) is 30.4 Å². The molecule has 0 saturated heterocycles. The summed E-state index contributed by atoms with van der Waals surface area (Å²) in [5, 5.41) is 2.83. The standard InChI is InChI=1S/C20H18FN3O/c21-17-12-14(8-9-19(17)24-10-4-1-5-11-24)22-13-16-15-6-2-3-7-18(15)23-20(16)25/h1-4,6-9,12-13,16H,5,10-11H2,(H,23,25). The van der Waals surface area contributed by atoms with Gasteiger partial charge in [-0.25, -0.2) is 4.39 Å². The van der Waals surface area contributed by atoms with Crippen LogP contribution in [0.3, 0.4) is 0 Å². The molecule has 1 amide bonds. The number of carbonyl (C=O) groups is 1. The van der Waals surface area contributed by atoms with Crippen LogP contribution in [0.25, 0.3) is 0 Å². The van der Waals surface area contributed by atoms with E-state index >= 15 is 0 Å². The largest absolute Gasteiger partial charge is 0.365 e. The summed E-state index contributed by atoms with van der Waals surface area (Å²) in [6, 6.07) is 12.5. The van der Waals surface area contributed by atoms with Crippen LogP contribution in [-0.4, -0.2) is 25.2 Å². The van der Waals surface area contributed by atoms with Crippen molar-refractivity contribution in [3.05, 3.63) is 66.0 Å². The average Bonchev–Trinajstić information content (AvgIpc) is 2.96. The Kier molecular flexibility index (Phi) is 4.06. The number of fused-ring (bicyclic) bond motifs is 1. The van der Waals surface area contributed by atoms with Crippen LogP contribution in [0.5, 0.6) is 0 Å². The maximum Gasteiger partial charge on any atom is 0.237 e. The minimum atomic E-state index is -0.439. The van der Waals surface area contributed by atoms with Crippen molar-refractivity contribution in [2.24, 2.45) is 4.99 Å². The van der Waals surface area contributed by atoms with Gasteiger partial charge < -0.3 is 10.2 Å². The fraction of sp³-hybridized carbons (Fsp3) is 0.200. The number of anilines is 2. The second-order valence-corrected chi connectivity index (χ2v) is 6.17. The lowest BCUT2D eigenvalue weighted by Crippen LogP contribution is -2.27. The molecule has 0 saturated carbocycles. The second-order valence-electron chi connectivity index (χ2n) is 6.17. The molecule has 126 valence electrons. The lowest BCUT2D eigenvalue weighted by atomic mass is 10.0. The van der Waals surface area contributed by atoms with Gasteiger partial charge in [0, 0.05) is 31.1 Å². The SMILES string of the molecule is O=C1Nc2ccccc2C1C=Nc1ccc(N2CC=CCC2)c(F)c1. The van der Waals surface area contributed by atoms with Crippen molar-refractivity contribution in [2.45, 2.75) is 12.3 Å². The van der Waals surface area contributed by atoms with Gasteiger partial charge in [0.1, 0.15) is 11.7 Å². The Labute approximate surface area is 145 Å². The lowest BCUT2D eigenvalue weighted by molar-refractivity contribution is -0.115. The van der Waals surface area contributed by atoms with Crippen molar-refractivity contribution in [3.8, 4) is 0 Å². The summed E-state index contributed by atoms with van der Waals surface area (Å²) < 4.78 is 14.4. The van der Waals surface area contributed by atoms with E-state index < -0.39 is 5.92 Å². The fourth-order valence-electron chi connectivity index (χ4n) is 3.24. The molecule has 2 heterocycles. The number of amides is 1. The number of hydrogen-bond acceptors (Lipinski definition) is 3. The van der Waals surface area contributed by atoms with Gasteiger partial charge in [0.25, 0.3) is 0 Å². The highest BCUT2D eigenvalue weighted by Gasteiger charge is 2.28. The summed E-state index contributed by atoms with van der Waals surface area (Å²) in [5.41, 5.74) is 2.80. The molecule has 2 aromatic carbocycles. The molecule has 0 aromatic heterocycles. The molecular weight excluding hydrogens is 317 g/mol. The Morgan fingerprint density at radius 2 is 2.08 bits per heavy atom. The smallest absolute Gasteiger partial charge is 0.237 e. The van der Waals surface area contributed by atoms with E-state index in [9.17, 15) is 9.18 Å². The van der Waals surface area contributed by atoms with Crippen molar-refractivity contribution < 1.29 is 9.18 Å². The molecule has 0 fully saturated rings. The Morgan fingerprint density at radius 3 is 2.88 bits per heavy atom. The van der Waals surface area contributed by atoms with E-state index in [1.165, 1.54) is 6.07 Å². The molecule has 0 radical (unpaired) electrons. The van der Waals surface area contributed by atoms with Crippen LogP contribution in [0.4, 0.5) is 21.5 Å². The van der Waals surface area contributed by atoms with E-state index in [2.05, 4.69) is 16.4 Å². The van der Waals surface area contributed by atoms with E-state index in [-0.39, 0.29) is 11.7 Å². The van der Waals surface area contributed by atoms with E-state index in [1.807, 2.05) is 35.2 Å². The monoisotopic (exact) mass is 335 g/mol. The Bertz CT molecular complexity index is 875. The van der Waals surface area contributed by atoms with E-state index in [0.717, 1.165) is 30.8 Å². The van der Waals surface area contributed by atoms with E-state index in [0.29, 0.717) is 11.4 Å². The topological polar surface area (TPSA) is 44.7 Å². The Morgan fingerprint density at radius 1 is 1.20 bits per heavy atom. The summed E-state index contributed by atoms with van der Waals surface area (Å²) in [4.78, 5) is 18.4. The lowest BCUT2D eigenvalue weighted by Gasteiger charge is -2.26. The number of benzene rings is 2. The van der Waals surface area contributed by atoms with Crippen LogP contribution >= 0.6 is 0 Å². The summed E-state index contributed by atoms with van der Waals surface area (Å²) in [6.45, 7) is 1.54. The maximum atomic E-state index is 14.4. The van der Waals surface area contributed by atoms with Crippen LogP contribution in [0.2, 0.25) is 0 Å². The first-order valence-corrected chi connectivity index (χ1v) is 8.36. The predicted octanol–water partition coefficient (Wildman–Crippen LogP) is 4.03. The highest BCUT2D eigenvalue weighted by atomic mass is 19.1. The number of nitrogens with one attached hydrogen (secondary N) is 1. The fourth-order valence-corrected chi connectivity index (χ4v) is 3.24. The number of aliphatic imine (C=N–C) groups is 1. The van der Waals surface area contributed by atoms with Gasteiger partial charge in [-0.05, 0) is 30.2 Å². The summed E-state index contributed by atoms with van der Waals surface area (Å²) in [6.07, 6.45) is 6.66. The van der Waals surface area contributed by atoms with Crippen molar-refractivity contribution in [1.29, 1.82) is 0 Å². The molecule has 1 unspecified atom stereocenters. The normalized spacial score (nSPS) is 19.3. The zero-order chi connectivity index (χ0) is 17.2. The van der Waals surface area contributed by atoms with Gasteiger partial charge in [0.05, 0.1) is 11.4 Å². The number of nitrogens with zero attached hydrogens (tertiary/aromatic N) is 2. The molecule has 2 aliphatic heterocycles. The van der Waals surface area contributed by atoms with Crippen molar-refractivity contribution in [2.75, 3.05) is 23.3 Å². The third-order valence-corrected chi connectivity index (χ3v) is 4.54. The van der Waals surface area contributed by atoms with Gasteiger partial charge in [0.2, 0.25) is 5.91 Å². The highest BCUT2D eigenvalue weighted by Crippen LogP contribution is 2.32. The molecule has 0 spiro atoms. The van der Waals surface area contributed by atoms with Crippen LogP contribution < -0.4 is 10.2 Å². The van der Waals surface area contributed by atoms with Crippen LogP contribution in [0.15, 0.2) is 59.6 Å². The molecule has 2 aromatic rings. The van der Waals surface area contributed by atoms with Gasteiger partial charge in [-0.3, -0.25) is 9.79 Å². The quantitative estimate of drug-likeness (QED) is 0.680. The highest BCUT2D eigenvalue weighted by molar-refractivity contribution is 6.12. The Balaban J connectivity index is 1.55. The molecule has 2 aliphatic rings. The molecule has 0 bridgehead atoms. The molecular formula is C20H18FN3O. The first kappa shape index (κ1) is 15.6. The number of rotatable bonds is 3. The molecule has 1 atom stereocenters. The minimum absolute atomic E-state index is 0.109.